The molecule has 1 aliphatic rings. The maximum atomic E-state index is 12.6. The Balaban J connectivity index is 1.80. The molecule has 1 atom stereocenters. The van der Waals surface area contributed by atoms with Crippen molar-refractivity contribution < 1.29 is 9.32 Å². The number of hydrogen-bond acceptors (Lipinski definition) is 6. The zero-order chi connectivity index (χ0) is 16.6. The van der Waals surface area contributed by atoms with Crippen LogP contribution in [0.4, 0.5) is 5.82 Å². The second kappa shape index (κ2) is 6.19. The largest absolute Gasteiger partial charge is 0.360 e. The van der Waals surface area contributed by atoms with Crippen LogP contribution in [-0.2, 0) is 11.2 Å². The van der Waals surface area contributed by atoms with Crippen LogP contribution in [0.5, 0.6) is 0 Å². The molecule has 0 radical (unpaired) electrons. The molecule has 0 aromatic carbocycles. The van der Waals surface area contributed by atoms with Crippen LogP contribution in [0.15, 0.2) is 20.5 Å². The molecule has 0 spiro atoms. The van der Waals surface area contributed by atoms with Gasteiger partial charge >= 0.3 is 0 Å². The fourth-order valence-electron chi connectivity index (χ4n) is 2.71. The summed E-state index contributed by atoms with van der Waals surface area (Å²) in [4.78, 5) is 29.3. The van der Waals surface area contributed by atoms with Gasteiger partial charge in [-0.3, -0.25) is 14.2 Å². The van der Waals surface area contributed by atoms with Gasteiger partial charge in [-0.25, -0.2) is 4.98 Å². The van der Waals surface area contributed by atoms with Crippen LogP contribution < -0.4 is 10.9 Å². The van der Waals surface area contributed by atoms with E-state index in [1.807, 2.05) is 13.8 Å². The average molecular weight is 334 g/mol. The summed E-state index contributed by atoms with van der Waals surface area (Å²) in [5.74, 6) is 1.50. The van der Waals surface area contributed by atoms with E-state index in [9.17, 15) is 9.59 Å². The number of carbonyl (C=O) groups is 1. The number of amides is 1. The molecule has 3 heterocycles. The molecule has 7 nitrogen and oxygen atoms in total. The molecule has 122 valence electrons. The Kier molecular flexibility index (Phi) is 4.25. The Morgan fingerprint density at radius 2 is 2.30 bits per heavy atom. The highest BCUT2D eigenvalue weighted by Gasteiger charge is 2.29. The molecule has 23 heavy (non-hydrogen) atoms. The van der Waals surface area contributed by atoms with Crippen LogP contribution >= 0.6 is 11.8 Å². The van der Waals surface area contributed by atoms with Gasteiger partial charge in [-0.15, -0.1) is 0 Å². The van der Waals surface area contributed by atoms with Crippen LogP contribution in [0.25, 0.3) is 0 Å². The van der Waals surface area contributed by atoms with Gasteiger partial charge in [-0.2, -0.15) is 0 Å². The fourth-order valence-corrected chi connectivity index (χ4v) is 3.89. The van der Waals surface area contributed by atoms with Crippen molar-refractivity contribution in [3.63, 3.8) is 0 Å². The summed E-state index contributed by atoms with van der Waals surface area (Å²) in [7, 11) is 0. The third kappa shape index (κ3) is 3.03. The molecule has 0 aliphatic carbocycles. The predicted molar refractivity (Wildman–Crippen MR) is 86.9 cm³/mol. The Morgan fingerprint density at radius 3 is 2.96 bits per heavy atom. The number of fused-ring (bicyclic) bond motifs is 1. The van der Waals surface area contributed by atoms with E-state index in [2.05, 4.69) is 15.5 Å². The van der Waals surface area contributed by atoms with Crippen LogP contribution in [0.2, 0.25) is 0 Å². The molecule has 1 N–H and O–H groups in total. The monoisotopic (exact) mass is 334 g/mol. The molecule has 0 saturated heterocycles. The molecular weight excluding hydrogens is 316 g/mol. The smallest absolute Gasteiger partial charge is 0.257 e. The molecule has 8 heteroatoms. The maximum Gasteiger partial charge on any atom is 0.257 e. The first-order chi connectivity index (χ1) is 11.0. The standard InChI is InChI=1S/C15H18N4O3S/c1-4-11-9(3)16-15-19(14(11)21)10(7-23-15)6-13(20)17-12-5-8(2)22-18-12/h5,10H,4,6-7H2,1-3H3,(H,17,18,20). The Hall–Kier alpha value is -2.09. The van der Waals surface area contributed by atoms with Crippen LogP contribution in [-0.4, -0.2) is 26.4 Å². The zero-order valence-electron chi connectivity index (χ0n) is 13.3. The van der Waals surface area contributed by atoms with Crippen molar-refractivity contribution >= 4 is 23.5 Å². The van der Waals surface area contributed by atoms with Crippen molar-refractivity contribution in [2.45, 2.75) is 44.8 Å². The van der Waals surface area contributed by atoms with E-state index in [0.717, 1.165) is 5.69 Å². The maximum absolute atomic E-state index is 12.6. The predicted octanol–water partition coefficient (Wildman–Crippen LogP) is 2.09. The molecule has 2 aromatic rings. The molecule has 3 rings (SSSR count). The summed E-state index contributed by atoms with van der Waals surface area (Å²) in [6.07, 6.45) is 0.847. The summed E-state index contributed by atoms with van der Waals surface area (Å²) in [6, 6.07) is 1.47. The second-order valence-electron chi connectivity index (χ2n) is 5.53. The van der Waals surface area contributed by atoms with Gasteiger partial charge in [-0.05, 0) is 20.3 Å². The number of thioether (sulfide) groups is 1. The molecule has 1 unspecified atom stereocenters. The number of carbonyl (C=O) groups excluding carboxylic acids is 1. The normalized spacial score (nSPS) is 16.4. The summed E-state index contributed by atoms with van der Waals surface area (Å²) in [5, 5.41) is 7.12. The lowest BCUT2D eigenvalue weighted by Crippen LogP contribution is -2.30. The first-order valence-corrected chi connectivity index (χ1v) is 8.46. The van der Waals surface area contributed by atoms with Crippen molar-refractivity contribution in [2.75, 3.05) is 11.1 Å². The van der Waals surface area contributed by atoms with Gasteiger partial charge in [0.05, 0.1) is 6.04 Å². The van der Waals surface area contributed by atoms with Gasteiger partial charge in [0, 0.05) is 29.5 Å². The van der Waals surface area contributed by atoms with Crippen molar-refractivity contribution in [1.29, 1.82) is 0 Å². The third-order valence-electron chi connectivity index (χ3n) is 3.82. The number of aromatic nitrogens is 3. The van der Waals surface area contributed by atoms with E-state index < -0.39 is 0 Å². The van der Waals surface area contributed by atoms with Crippen molar-refractivity contribution in [2.24, 2.45) is 0 Å². The molecule has 2 aromatic heterocycles. The number of hydrogen-bond donors (Lipinski definition) is 1. The minimum absolute atomic E-state index is 0.0323. The summed E-state index contributed by atoms with van der Waals surface area (Å²) in [5.41, 5.74) is 1.46. The third-order valence-corrected chi connectivity index (χ3v) is 4.92. The minimum atomic E-state index is -0.192. The van der Waals surface area contributed by atoms with E-state index in [4.69, 9.17) is 4.52 Å². The Labute approximate surface area is 137 Å². The molecule has 0 bridgehead atoms. The van der Waals surface area contributed by atoms with Gasteiger partial charge in [0.2, 0.25) is 5.91 Å². The van der Waals surface area contributed by atoms with Crippen LogP contribution in [0, 0.1) is 13.8 Å². The number of rotatable bonds is 4. The first-order valence-electron chi connectivity index (χ1n) is 7.47. The highest BCUT2D eigenvalue weighted by Crippen LogP contribution is 2.32. The van der Waals surface area contributed by atoms with Crippen molar-refractivity contribution in [1.82, 2.24) is 14.7 Å². The van der Waals surface area contributed by atoms with E-state index >= 15 is 0 Å². The molecule has 0 saturated carbocycles. The SMILES string of the molecule is CCc1c(C)nc2n(c1=O)C(CC(=O)Nc1cc(C)on1)CS2. The van der Waals surface area contributed by atoms with Crippen LogP contribution in [0.1, 0.15) is 36.4 Å². The lowest BCUT2D eigenvalue weighted by molar-refractivity contribution is -0.116. The Morgan fingerprint density at radius 1 is 1.52 bits per heavy atom. The number of nitrogens with one attached hydrogen (secondary N) is 1. The highest BCUT2D eigenvalue weighted by atomic mass is 32.2. The summed E-state index contributed by atoms with van der Waals surface area (Å²) in [6.45, 7) is 5.55. The number of aryl methyl sites for hydroxylation is 2. The lowest BCUT2D eigenvalue weighted by Gasteiger charge is -2.14. The summed E-state index contributed by atoms with van der Waals surface area (Å²) >= 11 is 1.51. The fraction of sp³-hybridized carbons (Fsp3) is 0.467. The van der Waals surface area contributed by atoms with Crippen LogP contribution in [0.3, 0.4) is 0 Å². The quantitative estimate of drug-likeness (QED) is 0.861. The van der Waals surface area contributed by atoms with Gasteiger partial charge in [-0.1, -0.05) is 23.8 Å². The second-order valence-corrected chi connectivity index (χ2v) is 6.51. The molecular formula is C15H18N4O3S. The van der Waals surface area contributed by atoms with E-state index in [1.165, 1.54) is 11.8 Å². The lowest BCUT2D eigenvalue weighted by atomic mass is 10.1. The van der Waals surface area contributed by atoms with Gasteiger partial charge in [0.15, 0.2) is 11.0 Å². The van der Waals surface area contributed by atoms with Gasteiger partial charge < -0.3 is 9.84 Å². The average Bonchev–Trinajstić information content (AvgIpc) is 3.06. The Bertz CT molecular complexity index is 812. The van der Waals surface area contributed by atoms with E-state index in [1.54, 1.807) is 17.6 Å². The summed E-state index contributed by atoms with van der Waals surface area (Å²) < 4.78 is 6.58. The first kappa shape index (κ1) is 15.8. The molecule has 0 fully saturated rings. The minimum Gasteiger partial charge on any atom is -0.360 e. The topological polar surface area (TPSA) is 90.0 Å². The van der Waals surface area contributed by atoms with Crippen molar-refractivity contribution in [3.05, 3.63) is 33.4 Å². The van der Waals surface area contributed by atoms with E-state index in [-0.39, 0.29) is 23.9 Å². The number of anilines is 1. The van der Waals surface area contributed by atoms with E-state index in [0.29, 0.717) is 34.5 Å². The number of nitrogens with zero attached hydrogens (tertiary/aromatic N) is 3. The molecule has 1 amide bonds. The highest BCUT2D eigenvalue weighted by molar-refractivity contribution is 7.99. The van der Waals surface area contributed by atoms with Crippen molar-refractivity contribution in [3.8, 4) is 0 Å². The van der Waals surface area contributed by atoms with Gasteiger partial charge in [0.25, 0.3) is 5.56 Å². The molecule has 1 aliphatic heterocycles. The van der Waals surface area contributed by atoms with Gasteiger partial charge in [0.1, 0.15) is 5.76 Å². The zero-order valence-corrected chi connectivity index (χ0v) is 14.1.